The topological polar surface area (TPSA) is 60.1 Å². The van der Waals surface area contributed by atoms with Gasteiger partial charge in [-0.05, 0) is 37.3 Å². The van der Waals surface area contributed by atoms with Crippen LogP contribution in [-0.2, 0) is 6.54 Å². The first-order valence-electron chi connectivity index (χ1n) is 8.66. The maximum Gasteiger partial charge on any atom is 0.287 e. The molecule has 4 rings (SSSR count). The van der Waals surface area contributed by atoms with Crippen molar-refractivity contribution in [2.24, 2.45) is 0 Å². The number of hydrogen-bond acceptors (Lipinski definition) is 3. The second-order valence-corrected chi connectivity index (χ2v) is 6.31. The Morgan fingerprint density at radius 3 is 2.70 bits per heavy atom. The molecule has 4 aromatic rings. The second kappa shape index (κ2) is 7.07. The van der Waals surface area contributed by atoms with E-state index in [4.69, 9.17) is 4.42 Å². The summed E-state index contributed by atoms with van der Waals surface area (Å²) in [5.41, 5.74) is 2.24. The first-order chi connectivity index (χ1) is 13.1. The average molecular weight is 363 g/mol. The summed E-state index contributed by atoms with van der Waals surface area (Å²) in [7, 11) is 0. The molecule has 2 heterocycles. The highest BCUT2D eigenvalue weighted by Crippen LogP contribution is 2.23. The van der Waals surface area contributed by atoms with Crippen LogP contribution in [0.4, 0.5) is 4.39 Å². The van der Waals surface area contributed by atoms with Gasteiger partial charge in [0.15, 0.2) is 5.76 Å². The van der Waals surface area contributed by atoms with Crippen LogP contribution in [0.2, 0.25) is 0 Å². The first-order valence-corrected chi connectivity index (χ1v) is 8.66. The summed E-state index contributed by atoms with van der Waals surface area (Å²) < 4.78 is 21.3. The van der Waals surface area contributed by atoms with Gasteiger partial charge in [0.05, 0.1) is 29.9 Å². The summed E-state index contributed by atoms with van der Waals surface area (Å²) in [5.74, 6) is 0.295. The van der Waals surface area contributed by atoms with Crippen molar-refractivity contribution in [3.8, 4) is 0 Å². The van der Waals surface area contributed by atoms with E-state index in [1.165, 1.54) is 12.3 Å². The highest BCUT2D eigenvalue weighted by Gasteiger charge is 2.20. The highest BCUT2D eigenvalue weighted by molar-refractivity contribution is 5.91. The monoisotopic (exact) mass is 363 g/mol. The summed E-state index contributed by atoms with van der Waals surface area (Å²) in [6, 6.07) is 17.2. The first kappa shape index (κ1) is 17.0. The molecular formula is C21H18FN3O2. The SMILES string of the molecule is CC(NC(=O)c1ccco1)c1nc2ccccc2n1Cc1ccccc1F. The predicted molar refractivity (Wildman–Crippen MR) is 99.8 cm³/mol. The van der Waals surface area contributed by atoms with Crippen molar-refractivity contribution in [1.82, 2.24) is 14.9 Å². The Morgan fingerprint density at radius 2 is 1.93 bits per heavy atom. The van der Waals surface area contributed by atoms with Crippen molar-refractivity contribution >= 4 is 16.9 Å². The largest absolute Gasteiger partial charge is 0.459 e. The fourth-order valence-electron chi connectivity index (χ4n) is 3.13. The zero-order valence-corrected chi connectivity index (χ0v) is 14.7. The summed E-state index contributed by atoms with van der Waals surface area (Å²) in [6.07, 6.45) is 1.45. The van der Waals surface area contributed by atoms with E-state index in [0.717, 1.165) is 11.0 Å². The van der Waals surface area contributed by atoms with Gasteiger partial charge < -0.3 is 14.3 Å². The Bertz CT molecular complexity index is 1090. The molecule has 27 heavy (non-hydrogen) atoms. The number of rotatable bonds is 5. The maximum absolute atomic E-state index is 14.2. The van der Waals surface area contributed by atoms with Crippen molar-refractivity contribution in [2.45, 2.75) is 19.5 Å². The van der Waals surface area contributed by atoms with Crippen LogP contribution < -0.4 is 5.32 Å². The molecule has 0 saturated carbocycles. The average Bonchev–Trinajstić information content (AvgIpc) is 3.32. The molecule has 0 fully saturated rings. The normalized spacial score (nSPS) is 12.2. The molecule has 2 aromatic heterocycles. The summed E-state index contributed by atoms with van der Waals surface area (Å²) in [4.78, 5) is 17.0. The van der Waals surface area contributed by atoms with Crippen LogP contribution in [0.3, 0.4) is 0 Å². The van der Waals surface area contributed by atoms with E-state index in [-0.39, 0.29) is 23.5 Å². The van der Waals surface area contributed by atoms with E-state index in [1.807, 2.05) is 35.8 Å². The number of carbonyl (C=O) groups is 1. The minimum atomic E-state index is -0.387. The molecule has 0 aliphatic rings. The number of benzene rings is 2. The lowest BCUT2D eigenvalue weighted by molar-refractivity contribution is 0.0909. The van der Waals surface area contributed by atoms with E-state index < -0.39 is 0 Å². The third-order valence-electron chi connectivity index (χ3n) is 4.45. The van der Waals surface area contributed by atoms with E-state index in [9.17, 15) is 9.18 Å². The lowest BCUT2D eigenvalue weighted by Crippen LogP contribution is -2.28. The fraction of sp³-hybridized carbons (Fsp3) is 0.143. The van der Waals surface area contributed by atoms with Crippen molar-refractivity contribution in [3.63, 3.8) is 0 Å². The molecule has 0 bridgehead atoms. The fourth-order valence-corrected chi connectivity index (χ4v) is 3.13. The van der Waals surface area contributed by atoms with Crippen LogP contribution in [0.1, 0.15) is 34.9 Å². The van der Waals surface area contributed by atoms with Gasteiger partial charge in [0.2, 0.25) is 0 Å². The molecule has 0 spiro atoms. The van der Waals surface area contributed by atoms with Gasteiger partial charge in [-0.15, -0.1) is 0 Å². The number of halogens is 1. The van der Waals surface area contributed by atoms with Crippen LogP contribution >= 0.6 is 0 Å². The number of imidazole rings is 1. The van der Waals surface area contributed by atoms with Gasteiger partial charge in [0.25, 0.3) is 5.91 Å². The lowest BCUT2D eigenvalue weighted by atomic mass is 10.2. The minimum absolute atomic E-state index is 0.235. The molecule has 6 heteroatoms. The van der Waals surface area contributed by atoms with Crippen LogP contribution in [0.5, 0.6) is 0 Å². The number of furan rings is 1. The van der Waals surface area contributed by atoms with E-state index in [0.29, 0.717) is 17.9 Å². The van der Waals surface area contributed by atoms with Crippen molar-refractivity contribution in [1.29, 1.82) is 0 Å². The number of amides is 1. The molecule has 2 aromatic carbocycles. The molecule has 136 valence electrons. The number of para-hydroxylation sites is 2. The third-order valence-corrected chi connectivity index (χ3v) is 4.45. The molecule has 1 atom stereocenters. The third kappa shape index (κ3) is 3.33. The molecule has 1 unspecified atom stereocenters. The predicted octanol–water partition coefficient (Wildman–Crippen LogP) is 4.31. The van der Waals surface area contributed by atoms with Crippen LogP contribution in [0.25, 0.3) is 11.0 Å². The summed E-state index contributed by atoms with van der Waals surface area (Å²) >= 11 is 0. The molecule has 0 radical (unpaired) electrons. The number of fused-ring (bicyclic) bond motifs is 1. The zero-order valence-electron chi connectivity index (χ0n) is 14.7. The van der Waals surface area contributed by atoms with Crippen molar-refractivity contribution < 1.29 is 13.6 Å². The van der Waals surface area contributed by atoms with Gasteiger partial charge in [0, 0.05) is 5.56 Å². The standard InChI is InChI=1S/C21H18FN3O2/c1-14(23-21(26)19-11-6-12-27-19)20-24-17-9-4-5-10-18(17)25(20)13-15-7-2-3-8-16(15)22/h2-12,14H,13H2,1H3,(H,23,26). The number of carbonyl (C=O) groups excluding carboxylic acids is 1. The Balaban J connectivity index is 1.71. The summed E-state index contributed by atoms with van der Waals surface area (Å²) in [6.45, 7) is 2.17. The summed E-state index contributed by atoms with van der Waals surface area (Å²) in [5, 5.41) is 2.89. The maximum atomic E-state index is 14.2. The molecule has 0 aliphatic heterocycles. The molecule has 5 nitrogen and oxygen atoms in total. The zero-order chi connectivity index (χ0) is 18.8. The van der Waals surface area contributed by atoms with E-state index >= 15 is 0 Å². The van der Waals surface area contributed by atoms with Gasteiger partial charge in [-0.3, -0.25) is 4.79 Å². The molecule has 1 amide bonds. The Hall–Kier alpha value is -3.41. The number of aromatic nitrogens is 2. The Labute approximate surface area is 155 Å². The van der Waals surface area contributed by atoms with Crippen molar-refractivity contribution in [2.75, 3.05) is 0 Å². The number of hydrogen-bond donors (Lipinski definition) is 1. The Morgan fingerprint density at radius 1 is 1.15 bits per heavy atom. The highest BCUT2D eigenvalue weighted by atomic mass is 19.1. The Kier molecular flexibility index (Phi) is 4.46. The smallest absolute Gasteiger partial charge is 0.287 e. The quantitative estimate of drug-likeness (QED) is 0.575. The van der Waals surface area contributed by atoms with Crippen LogP contribution in [-0.4, -0.2) is 15.5 Å². The van der Waals surface area contributed by atoms with Gasteiger partial charge in [-0.25, -0.2) is 9.37 Å². The van der Waals surface area contributed by atoms with E-state index in [2.05, 4.69) is 10.3 Å². The van der Waals surface area contributed by atoms with Gasteiger partial charge in [0.1, 0.15) is 11.6 Å². The molecule has 0 aliphatic carbocycles. The minimum Gasteiger partial charge on any atom is -0.459 e. The van der Waals surface area contributed by atoms with Gasteiger partial charge in [-0.1, -0.05) is 30.3 Å². The van der Waals surface area contributed by atoms with Crippen LogP contribution in [0, 0.1) is 5.82 Å². The second-order valence-electron chi connectivity index (χ2n) is 6.31. The van der Waals surface area contributed by atoms with Crippen molar-refractivity contribution in [3.05, 3.63) is 89.9 Å². The molecular weight excluding hydrogens is 345 g/mol. The molecule has 0 saturated heterocycles. The van der Waals surface area contributed by atoms with Crippen LogP contribution in [0.15, 0.2) is 71.3 Å². The number of nitrogens with zero attached hydrogens (tertiary/aromatic N) is 2. The molecule has 1 N–H and O–H groups in total. The number of nitrogens with one attached hydrogen (secondary N) is 1. The van der Waals surface area contributed by atoms with Gasteiger partial charge >= 0.3 is 0 Å². The van der Waals surface area contributed by atoms with Gasteiger partial charge in [-0.2, -0.15) is 0 Å². The van der Waals surface area contributed by atoms with E-state index in [1.54, 1.807) is 30.3 Å². The lowest BCUT2D eigenvalue weighted by Gasteiger charge is -2.16.